The lowest BCUT2D eigenvalue weighted by Gasteiger charge is -2.05. The first-order chi connectivity index (χ1) is 9.78. The van der Waals surface area contributed by atoms with Gasteiger partial charge in [-0.2, -0.15) is 0 Å². The molecule has 1 aromatic carbocycles. The number of aryl methyl sites for hydroxylation is 2. The maximum Gasteiger partial charge on any atom is 0.251 e. The Morgan fingerprint density at radius 2 is 2.00 bits per heavy atom. The summed E-state index contributed by atoms with van der Waals surface area (Å²) in [4.78, 5) is 15.3. The van der Waals surface area contributed by atoms with Crippen LogP contribution in [0.1, 0.15) is 28.0 Å². The number of nitrogens with one attached hydrogen (secondary N) is 2. The number of hydrogen-bond donors (Lipinski definition) is 2. The number of benzene rings is 1. The molecule has 1 heterocycles. The van der Waals surface area contributed by atoms with Gasteiger partial charge in [0.25, 0.3) is 5.91 Å². The highest BCUT2D eigenvalue weighted by atomic mass is 32.2. The fourth-order valence-corrected chi connectivity index (χ4v) is 2.91. The predicted molar refractivity (Wildman–Crippen MR) is 84.4 cm³/mol. The van der Waals surface area contributed by atoms with Crippen molar-refractivity contribution in [3.63, 3.8) is 0 Å². The van der Waals surface area contributed by atoms with E-state index in [1.165, 1.54) is 6.26 Å². The summed E-state index contributed by atoms with van der Waals surface area (Å²) in [6.45, 7) is 4.37. The molecule has 0 fully saturated rings. The maximum absolute atomic E-state index is 12.1. The zero-order valence-corrected chi connectivity index (χ0v) is 13.3. The molecule has 0 unspecified atom stereocenters. The number of aromatic nitrogens is 1. The molecule has 2 N–H and O–H groups in total. The van der Waals surface area contributed by atoms with Crippen molar-refractivity contribution in [1.82, 2.24) is 10.3 Å². The van der Waals surface area contributed by atoms with Crippen LogP contribution >= 0.6 is 0 Å². The van der Waals surface area contributed by atoms with Crippen LogP contribution in [0.2, 0.25) is 0 Å². The Morgan fingerprint density at radius 3 is 2.67 bits per heavy atom. The highest BCUT2D eigenvalue weighted by Gasteiger charge is 2.10. The van der Waals surface area contributed by atoms with Gasteiger partial charge in [-0.1, -0.05) is 0 Å². The van der Waals surface area contributed by atoms with Crippen LogP contribution in [-0.4, -0.2) is 37.9 Å². The number of carbonyl (C=O) groups is 1. The zero-order valence-electron chi connectivity index (χ0n) is 12.5. The van der Waals surface area contributed by atoms with Gasteiger partial charge in [-0.15, -0.1) is 0 Å². The SMILES string of the molecule is Cc1[nH]c2ccc(C(=O)NCCCS(C)(=O)=O)cc2c1C. The number of aromatic amines is 1. The second-order valence-corrected chi connectivity index (χ2v) is 7.63. The number of rotatable bonds is 5. The van der Waals surface area contributed by atoms with Crippen molar-refractivity contribution in [1.29, 1.82) is 0 Å². The molecule has 0 aliphatic carbocycles. The Morgan fingerprint density at radius 1 is 1.29 bits per heavy atom. The Labute approximate surface area is 124 Å². The van der Waals surface area contributed by atoms with Gasteiger partial charge in [-0.05, 0) is 44.0 Å². The summed E-state index contributed by atoms with van der Waals surface area (Å²) in [5.74, 6) is -0.0914. The lowest BCUT2D eigenvalue weighted by molar-refractivity contribution is 0.0954. The molecule has 2 rings (SSSR count). The van der Waals surface area contributed by atoms with Crippen molar-refractivity contribution >= 4 is 26.6 Å². The fraction of sp³-hybridized carbons (Fsp3) is 0.400. The van der Waals surface area contributed by atoms with Crippen molar-refractivity contribution < 1.29 is 13.2 Å². The molecule has 0 spiro atoms. The van der Waals surface area contributed by atoms with E-state index >= 15 is 0 Å². The quantitative estimate of drug-likeness (QED) is 0.829. The molecule has 0 saturated heterocycles. The van der Waals surface area contributed by atoms with E-state index in [1.807, 2.05) is 26.0 Å². The van der Waals surface area contributed by atoms with Gasteiger partial charge in [0.05, 0.1) is 5.75 Å². The summed E-state index contributed by atoms with van der Waals surface area (Å²) in [6.07, 6.45) is 1.62. The predicted octanol–water partition coefficient (Wildman–Crippen LogP) is 1.95. The first kappa shape index (κ1) is 15.6. The van der Waals surface area contributed by atoms with Crippen molar-refractivity contribution in [2.75, 3.05) is 18.6 Å². The number of H-pyrrole nitrogens is 1. The number of carbonyl (C=O) groups excluding carboxylic acids is 1. The first-order valence-electron chi connectivity index (χ1n) is 6.83. The van der Waals surface area contributed by atoms with Gasteiger partial charge < -0.3 is 10.3 Å². The van der Waals surface area contributed by atoms with Gasteiger partial charge in [0.15, 0.2) is 0 Å². The lowest BCUT2D eigenvalue weighted by atomic mass is 10.1. The summed E-state index contributed by atoms with van der Waals surface area (Å²) in [5.41, 5.74) is 3.83. The van der Waals surface area contributed by atoms with Gasteiger partial charge in [-0.25, -0.2) is 8.42 Å². The first-order valence-corrected chi connectivity index (χ1v) is 8.89. The highest BCUT2D eigenvalue weighted by molar-refractivity contribution is 7.90. The Hall–Kier alpha value is -1.82. The van der Waals surface area contributed by atoms with Crippen LogP contribution in [0.25, 0.3) is 10.9 Å². The number of hydrogen-bond acceptors (Lipinski definition) is 3. The third kappa shape index (κ3) is 3.85. The highest BCUT2D eigenvalue weighted by Crippen LogP contribution is 2.22. The average molecular weight is 308 g/mol. The molecule has 1 aromatic heterocycles. The lowest BCUT2D eigenvalue weighted by Crippen LogP contribution is -2.25. The van der Waals surface area contributed by atoms with Gasteiger partial charge in [0.2, 0.25) is 0 Å². The van der Waals surface area contributed by atoms with Crippen LogP contribution in [-0.2, 0) is 9.84 Å². The maximum atomic E-state index is 12.1. The molecule has 114 valence electrons. The topological polar surface area (TPSA) is 79.0 Å². The van der Waals surface area contributed by atoms with E-state index in [9.17, 15) is 13.2 Å². The minimum atomic E-state index is -2.97. The van der Waals surface area contributed by atoms with Crippen molar-refractivity contribution in [2.45, 2.75) is 20.3 Å². The van der Waals surface area contributed by atoms with Gasteiger partial charge in [0.1, 0.15) is 9.84 Å². The van der Waals surface area contributed by atoms with Crippen LogP contribution < -0.4 is 5.32 Å². The van der Waals surface area contributed by atoms with Gasteiger partial charge in [0, 0.05) is 35.0 Å². The average Bonchev–Trinajstić information content (AvgIpc) is 2.69. The summed E-state index contributed by atoms with van der Waals surface area (Å²) >= 11 is 0. The fourth-order valence-electron chi connectivity index (χ4n) is 2.24. The van der Waals surface area contributed by atoms with Crippen LogP contribution in [0, 0.1) is 13.8 Å². The molecule has 5 nitrogen and oxygen atoms in total. The second-order valence-electron chi connectivity index (χ2n) is 5.37. The van der Waals surface area contributed by atoms with Gasteiger partial charge >= 0.3 is 0 Å². The third-order valence-electron chi connectivity index (χ3n) is 3.55. The molecular weight excluding hydrogens is 288 g/mol. The summed E-state index contributed by atoms with van der Waals surface area (Å²) < 4.78 is 22.0. The second kappa shape index (κ2) is 5.89. The molecule has 2 aromatic rings. The molecular formula is C15H20N2O3S. The summed E-state index contributed by atoms with van der Waals surface area (Å²) in [5, 5.41) is 3.79. The van der Waals surface area contributed by atoms with Crippen LogP contribution in [0.15, 0.2) is 18.2 Å². The van der Waals surface area contributed by atoms with Crippen LogP contribution in [0.4, 0.5) is 0 Å². The summed E-state index contributed by atoms with van der Waals surface area (Å²) in [7, 11) is -2.97. The molecule has 0 radical (unpaired) electrons. The van der Waals surface area contributed by atoms with E-state index in [0.29, 0.717) is 18.5 Å². The molecule has 21 heavy (non-hydrogen) atoms. The molecule has 6 heteroatoms. The third-order valence-corrected chi connectivity index (χ3v) is 4.58. The van der Waals surface area contributed by atoms with E-state index in [0.717, 1.165) is 22.2 Å². The minimum Gasteiger partial charge on any atom is -0.358 e. The molecule has 1 amide bonds. The molecule has 0 bridgehead atoms. The van der Waals surface area contributed by atoms with Crippen molar-refractivity contribution in [3.8, 4) is 0 Å². The Balaban J connectivity index is 2.04. The van der Waals surface area contributed by atoms with E-state index < -0.39 is 9.84 Å². The Kier molecular flexibility index (Phi) is 4.37. The molecule has 0 aliphatic heterocycles. The van der Waals surface area contributed by atoms with E-state index in [4.69, 9.17) is 0 Å². The standard InChI is InChI=1S/C15H20N2O3S/c1-10-11(2)17-14-6-5-12(9-13(10)14)15(18)16-7-4-8-21(3,19)20/h5-6,9,17H,4,7-8H2,1-3H3,(H,16,18). The normalized spacial score (nSPS) is 11.8. The number of sulfone groups is 1. The number of fused-ring (bicyclic) bond motifs is 1. The molecule has 0 aliphatic rings. The largest absolute Gasteiger partial charge is 0.358 e. The van der Waals surface area contributed by atoms with E-state index in [2.05, 4.69) is 10.3 Å². The van der Waals surface area contributed by atoms with Crippen LogP contribution in [0.3, 0.4) is 0 Å². The molecule has 0 saturated carbocycles. The van der Waals surface area contributed by atoms with E-state index in [-0.39, 0.29) is 11.7 Å². The monoisotopic (exact) mass is 308 g/mol. The molecule has 0 atom stereocenters. The smallest absolute Gasteiger partial charge is 0.251 e. The number of amides is 1. The Bertz CT molecular complexity index is 776. The van der Waals surface area contributed by atoms with Crippen molar-refractivity contribution in [2.24, 2.45) is 0 Å². The van der Waals surface area contributed by atoms with Gasteiger partial charge in [-0.3, -0.25) is 4.79 Å². The zero-order chi connectivity index (χ0) is 15.6. The van der Waals surface area contributed by atoms with Crippen LogP contribution in [0.5, 0.6) is 0 Å². The summed E-state index contributed by atoms with van der Waals surface area (Å²) in [6, 6.07) is 5.52. The minimum absolute atomic E-state index is 0.0857. The van der Waals surface area contributed by atoms with E-state index in [1.54, 1.807) is 6.07 Å². The van der Waals surface area contributed by atoms with Crippen molar-refractivity contribution in [3.05, 3.63) is 35.0 Å².